The van der Waals surface area contributed by atoms with Gasteiger partial charge in [-0.3, -0.25) is 0 Å². The number of nitrogens with zero attached hydrogens (tertiary/aromatic N) is 2. The standard InChI is InChI=1S/C11H15ClN2O3S/c12-10-6-9(8-15)7-13-11(10)14-2-1-4-18(16,17)5-3-14/h6-7,15H,1-5,8H2. The maximum absolute atomic E-state index is 11.5. The van der Waals surface area contributed by atoms with Crippen LogP contribution in [0, 0.1) is 0 Å². The van der Waals surface area contributed by atoms with Crippen molar-refractivity contribution in [1.82, 2.24) is 4.98 Å². The molecule has 0 aliphatic carbocycles. The first kappa shape index (κ1) is 13.6. The number of hydrogen-bond acceptors (Lipinski definition) is 5. The minimum Gasteiger partial charge on any atom is -0.392 e. The molecule has 0 saturated carbocycles. The summed E-state index contributed by atoms with van der Waals surface area (Å²) in [5, 5.41) is 9.43. The van der Waals surface area contributed by atoms with Crippen molar-refractivity contribution >= 4 is 27.3 Å². The third-order valence-corrected chi connectivity index (χ3v) is 4.91. The van der Waals surface area contributed by atoms with Gasteiger partial charge in [0.05, 0.1) is 23.1 Å². The van der Waals surface area contributed by atoms with Gasteiger partial charge >= 0.3 is 0 Å². The Hall–Kier alpha value is -0.850. The lowest BCUT2D eigenvalue weighted by atomic mass is 10.3. The highest BCUT2D eigenvalue weighted by Crippen LogP contribution is 2.25. The van der Waals surface area contributed by atoms with Gasteiger partial charge in [-0.2, -0.15) is 0 Å². The number of halogens is 1. The molecule has 2 heterocycles. The number of anilines is 1. The topological polar surface area (TPSA) is 70.5 Å². The Morgan fingerprint density at radius 1 is 1.39 bits per heavy atom. The molecule has 5 nitrogen and oxygen atoms in total. The molecule has 1 aliphatic heterocycles. The first-order valence-electron chi connectivity index (χ1n) is 5.72. The van der Waals surface area contributed by atoms with Gasteiger partial charge in [0.1, 0.15) is 5.82 Å². The van der Waals surface area contributed by atoms with Gasteiger partial charge < -0.3 is 10.0 Å². The molecular formula is C11H15ClN2O3S. The van der Waals surface area contributed by atoms with Gasteiger partial charge in [0.25, 0.3) is 0 Å². The van der Waals surface area contributed by atoms with Gasteiger partial charge in [-0.25, -0.2) is 13.4 Å². The van der Waals surface area contributed by atoms with Gasteiger partial charge in [-0.1, -0.05) is 11.6 Å². The highest BCUT2D eigenvalue weighted by Gasteiger charge is 2.21. The number of rotatable bonds is 2. The van der Waals surface area contributed by atoms with E-state index in [0.29, 0.717) is 35.9 Å². The zero-order valence-corrected chi connectivity index (χ0v) is 11.4. The van der Waals surface area contributed by atoms with Crippen LogP contribution in [0.5, 0.6) is 0 Å². The van der Waals surface area contributed by atoms with E-state index < -0.39 is 9.84 Å². The van der Waals surface area contributed by atoms with Crippen LogP contribution in [-0.2, 0) is 16.4 Å². The molecular weight excluding hydrogens is 276 g/mol. The number of aromatic nitrogens is 1. The van der Waals surface area contributed by atoms with Crippen LogP contribution in [0.25, 0.3) is 0 Å². The van der Waals surface area contributed by atoms with E-state index in [-0.39, 0.29) is 18.1 Å². The maximum atomic E-state index is 11.5. The average Bonchev–Trinajstić information content (AvgIpc) is 2.50. The third-order valence-electron chi connectivity index (χ3n) is 2.92. The SMILES string of the molecule is O=S1(=O)CCCN(c2ncc(CO)cc2Cl)CC1. The van der Waals surface area contributed by atoms with Crippen LogP contribution in [0.4, 0.5) is 5.82 Å². The lowest BCUT2D eigenvalue weighted by molar-refractivity contribution is 0.281. The van der Waals surface area contributed by atoms with Crippen LogP contribution in [-0.4, -0.2) is 43.1 Å². The molecule has 0 unspecified atom stereocenters. The lowest BCUT2D eigenvalue weighted by Crippen LogP contribution is -2.27. The molecule has 1 fully saturated rings. The fraction of sp³-hybridized carbons (Fsp3) is 0.545. The molecule has 18 heavy (non-hydrogen) atoms. The smallest absolute Gasteiger partial charge is 0.152 e. The molecule has 7 heteroatoms. The quantitative estimate of drug-likeness (QED) is 0.874. The van der Waals surface area contributed by atoms with E-state index in [1.54, 1.807) is 12.3 Å². The molecule has 1 saturated heterocycles. The van der Waals surface area contributed by atoms with Crippen LogP contribution in [0.3, 0.4) is 0 Å². The molecule has 1 aliphatic rings. The minimum atomic E-state index is -2.94. The number of aliphatic hydroxyl groups is 1. The largest absolute Gasteiger partial charge is 0.392 e. The predicted molar refractivity (Wildman–Crippen MR) is 70.7 cm³/mol. The average molecular weight is 291 g/mol. The summed E-state index contributed by atoms with van der Waals surface area (Å²) in [6, 6.07) is 1.66. The van der Waals surface area contributed by atoms with E-state index in [1.165, 1.54) is 0 Å². The molecule has 0 atom stereocenters. The van der Waals surface area contributed by atoms with Crippen molar-refractivity contribution in [3.05, 3.63) is 22.8 Å². The summed E-state index contributed by atoms with van der Waals surface area (Å²) in [6.45, 7) is 0.930. The molecule has 1 aromatic rings. The van der Waals surface area contributed by atoms with E-state index in [2.05, 4.69) is 4.98 Å². The Bertz CT molecular complexity index is 533. The van der Waals surface area contributed by atoms with Crippen LogP contribution >= 0.6 is 11.6 Å². The number of aliphatic hydroxyl groups excluding tert-OH is 1. The second kappa shape index (κ2) is 5.42. The molecule has 0 amide bonds. The van der Waals surface area contributed by atoms with E-state index in [0.717, 1.165) is 0 Å². The van der Waals surface area contributed by atoms with Gasteiger partial charge in [0.2, 0.25) is 0 Å². The molecule has 1 N–H and O–H groups in total. The van der Waals surface area contributed by atoms with Crippen molar-refractivity contribution in [2.75, 3.05) is 29.5 Å². The normalized spacial score (nSPS) is 19.6. The Labute approximate surface area is 111 Å². The van der Waals surface area contributed by atoms with Gasteiger partial charge in [0.15, 0.2) is 9.84 Å². The Morgan fingerprint density at radius 3 is 2.83 bits per heavy atom. The summed E-state index contributed by atoms with van der Waals surface area (Å²) in [5.74, 6) is 0.939. The van der Waals surface area contributed by atoms with Crippen LogP contribution < -0.4 is 4.90 Å². The van der Waals surface area contributed by atoms with Crippen LogP contribution in [0.2, 0.25) is 5.02 Å². The zero-order chi connectivity index (χ0) is 13.2. The first-order chi connectivity index (χ1) is 8.52. The van der Waals surface area contributed by atoms with E-state index in [9.17, 15) is 8.42 Å². The second-order valence-corrected chi connectivity index (χ2v) is 7.01. The summed E-state index contributed by atoms with van der Waals surface area (Å²) in [6.07, 6.45) is 2.14. The summed E-state index contributed by atoms with van der Waals surface area (Å²) in [4.78, 5) is 6.08. The molecule has 0 radical (unpaired) electrons. The minimum absolute atomic E-state index is 0.110. The maximum Gasteiger partial charge on any atom is 0.152 e. The highest BCUT2D eigenvalue weighted by molar-refractivity contribution is 7.91. The highest BCUT2D eigenvalue weighted by atomic mass is 35.5. The van der Waals surface area contributed by atoms with Crippen molar-refractivity contribution in [3.63, 3.8) is 0 Å². The van der Waals surface area contributed by atoms with Gasteiger partial charge in [-0.05, 0) is 18.1 Å². The Morgan fingerprint density at radius 2 is 2.17 bits per heavy atom. The van der Waals surface area contributed by atoms with E-state index >= 15 is 0 Å². The fourth-order valence-corrected chi connectivity index (χ4v) is 3.52. The summed E-state index contributed by atoms with van der Waals surface area (Å²) in [5.41, 5.74) is 0.645. The summed E-state index contributed by atoms with van der Waals surface area (Å²) < 4.78 is 23.0. The van der Waals surface area contributed by atoms with Gasteiger partial charge in [-0.15, -0.1) is 0 Å². The lowest BCUT2D eigenvalue weighted by Gasteiger charge is -2.22. The number of hydrogen-bond donors (Lipinski definition) is 1. The van der Waals surface area contributed by atoms with Crippen molar-refractivity contribution in [2.24, 2.45) is 0 Å². The van der Waals surface area contributed by atoms with Gasteiger partial charge in [0, 0.05) is 19.3 Å². The summed E-state index contributed by atoms with van der Waals surface area (Å²) >= 11 is 6.10. The van der Waals surface area contributed by atoms with Crippen molar-refractivity contribution < 1.29 is 13.5 Å². The number of pyridine rings is 1. The van der Waals surface area contributed by atoms with Crippen LogP contribution in [0.1, 0.15) is 12.0 Å². The molecule has 1 aromatic heterocycles. The molecule has 0 spiro atoms. The fourth-order valence-electron chi connectivity index (χ4n) is 1.94. The zero-order valence-electron chi connectivity index (χ0n) is 9.84. The Kier molecular flexibility index (Phi) is 4.09. The Balaban J connectivity index is 2.21. The van der Waals surface area contributed by atoms with Crippen LogP contribution in [0.15, 0.2) is 12.3 Å². The molecule has 0 bridgehead atoms. The third kappa shape index (κ3) is 3.13. The van der Waals surface area contributed by atoms with Crippen molar-refractivity contribution in [1.29, 1.82) is 0 Å². The van der Waals surface area contributed by atoms with Crippen molar-refractivity contribution in [3.8, 4) is 0 Å². The molecule has 0 aromatic carbocycles. The van der Waals surface area contributed by atoms with E-state index in [4.69, 9.17) is 16.7 Å². The predicted octanol–water partition coefficient (Wildman–Crippen LogP) is 0.852. The second-order valence-electron chi connectivity index (χ2n) is 4.30. The van der Waals surface area contributed by atoms with Crippen molar-refractivity contribution in [2.45, 2.75) is 13.0 Å². The first-order valence-corrected chi connectivity index (χ1v) is 7.92. The molecule has 2 rings (SSSR count). The monoisotopic (exact) mass is 290 g/mol. The summed E-state index contributed by atoms with van der Waals surface area (Å²) in [7, 11) is -2.94. The van der Waals surface area contributed by atoms with E-state index in [1.807, 2.05) is 4.90 Å². The number of sulfone groups is 1. The molecule has 100 valence electrons.